The molecule has 0 radical (unpaired) electrons. The van der Waals surface area contributed by atoms with Gasteiger partial charge in [-0.1, -0.05) is 36.5 Å². The lowest BCUT2D eigenvalue weighted by Gasteiger charge is -2.22. The van der Waals surface area contributed by atoms with Crippen LogP contribution in [0.2, 0.25) is 0 Å². The third-order valence-electron chi connectivity index (χ3n) is 3.48. The van der Waals surface area contributed by atoms with Gasteiger partial charge in [-0.15, -0.1) is 0 Å². The van der Waals surface area contributed by atoms with E-state index in [0.717, 1.165) is 23.4 Å². The van der Waals surface area contributed by atoms with Gasteiger partial charge in [0.05, 0.1) is 12.7 Å². The molecule has 2 N–H and O–H groups in total. The molecule has 3 nitrogen and oxygen atoms in total. The van der Waals surface area contributed by atoms with Crippen LogP contribution in [0, 0.1) is 6.92 Å². The number of nitrogens with zero attached hydrogens (tertiary/aromatic N) is 1. The van der Waals surface area contributed by atoms with E-state index in [1.807, 2.05) is 24.3 Å². The Bertz CT molecular complexity index is 655. The van der Waals surface area contributed by atoms with Gasteiger partial charge >= 0.3 is 0 Å². The summed E-state index contributed by atoms with van der Waals surface area (Å²) in [7, 11) is 3.71. The van der Waals surface area contributed by atoms with Crippen LogP contribution < -0.4 is 15.4 Å². The molecular formula is C17H20N2OS. The SMILES string of the molecule is COc1cc(CN(C)c2ccccc2C)ccc1C(N)=S. The monoisotopic (exact) mass is 300 g/mol. The van der Waals surface area contributed by atoms with Crippen molar-refractivity contribution >= 4 is 22.9 Å². The zero-order valence-electron chi connectivity index (χ0n) is 12.6. The summed E-state index contributed by atoms with van der Waals surface area (Å²) in [6, 6.07) is 14.3. The van der Waals surface area contributed by atoms with Crippen molar-refractivity contribution in [2.24, 2.45) is 5.73 Å². The average Bonchev–Trinajstić information content (AvgIpc) is 2.47. The van der Waals surface area contributed by atoms with Crippen LogP contribution in [0.4, 0.5) is 5.69 Å². The van der Waals surface area contributed by atoms with Crippen LogP contribution in [0.3, 0.4) is 0 Å². The third-order valence-corrected chi connectivity index (χ3v) is 3.70. The second-order valence-corrected chi connectivity index (χ2v) is 5.48. The highest BCUT2D eigenvalue weighted by Gasteiger charge is 2.09. The Morgan fingerprint density at radius 3 is 2.57 bits per heavy atom. The van der Waals surface area contributed by atoms with E-state index >= 15 is 0 Å². The van der Waals surface area contributed by atoms with Crippen molar-refractivity contribution in [1.82, 2.24) is 0 Å². The molecule has 0 fully saturated rings. The molecule has 21 heavy (non-hydrogen) atoms. The molecule has 0 aliphatic carbocycles. The third kappa shape index (κ3) is 3.52. The van der Waals surface area contributed by atoms with Gasteiger partial charge in [0.25, 0.3) is 0 Å². The highest BCUT2D eigenvalue weighted by Crippen LogP contribution is 2.24. The second kappa shape index (κ2) is 6.59. The number of aryl methyl sites for hydroxylation is 1. The van der Waals surface area contributed by atoms with Crippen LogP contribution in [-0.4, -0.2) is 19.1 Å². The van der Waals surface area contributed by atoms with Gasteiger partial charge in [-0.3, -0.25) is 0 Å². The molecule has 0 spiro atoms. The van der Waals surface area contributed by atoms with Crippen molar-refractivity contribution in [3.05, 3.63) is 59.2 Å². The quantitative estimate of drug-likeness (QED) is 0.860. The summed E-state index contributed by atoms with van der Waals surface area (Å²) < 4.78 is 5.37. The van der Waals surface area contributed by atoms with Crippen LogP contribution in [0.1, 0.15) is 16.7 Å². The normalized spacial score (nSPS) is 10.2. The maximum absolute atomic E-state index is 5.69. The Morgan fingerprint density at radius 2 is 1.95 bits per heavy atom. The maximum atomic E-state index is 5.69. The van der Waals surface area contributed by atoms with E-state index in [2.05, 4.69) is 37.1 Å². The Morgan fingerprint density at radius 1 is 1.24 bits per heavy atom. The van der Waals surface area contributed by atoms with Gasteiger partial charge in [-0.25, -0.2) is 0 Å². The van der Waals surface area contributed by atoms with Crippen LogP contribution >= 0.6 is 12.2 Å². The van der Waals surface area contributed by atoms with Crippen LogP contribution in [0.15, 0.2) is 42.5 Å². The van der Waals surface area contributed by atoms with E-state index in [4.69, 9.17) is 22.7 Å². The van der Waals surface area contributed by atoms with Crippen LogP contribution in [0.5, 0.6) is 5.75 Å². The number of methoxy groups -OCH3 is 1. The molecule has 0 atom stereocenters. The topological polar surface area (TPSA) is 38.5 Å². The van der Waals surface area contributed by atoms with E-state index in [0.29, 0.717) is 4.99 Å². The summed E-state index contributed by atoms with van der Waals surface area (Å²) in [6.07, 6.45) is 0. The zero-order valence-corrected chi connectivity index (χ0v) is 13.4. The largest absolute Gasteiger partial charge is 0.496 e. The smallest absolute Gasteiger partial charge is 0.129 e. The first-order valence-electron chi connectivity index (χ1n) is 6.76. The van der Waals surface area contributed by atoms with Gasteiger partial charge in [0.15, 0.2) is 0 Å². The second-order valence-electron chi connectivity index (χ2n) is 5.04. The van der Waals surface area contributed by atoms with Gasteiger partial charge in [0, 0.05) is 19.3 Å². The van der Waals surface area contributed by atoms with Crippen molar-refractivity contribution in [3.63, 3.8) is 0 Å². The molecule has 0 heterocycles. The van der Waals surface area contributed by atoms with Crippen molar-refractivity contribution in [1.29, 1.82) is 0 Å². The molecule has 0 saturated carbocycles. The lowest BCUT2D eigenvalue weighted by atomic mass is 10.1. The average molecular weight is 300 g/mol. The molecule has 0 aromatic heterocycles. The summed E-state index contributed by atoms with van der Waals surface area (Å²) in [6.45, 7) is 2.90. The molecule has 0 aliphatic heterocycles. The van der Waals surface area contributed by atoms with E-state index < -0.39 is 0 Å². The Hall–Kier alpha value is -2.07. The van der Waals surface area contributed by atoms with Gasteiger partial charge in [-0.05, 0) is 36.2 Å². The summed E-state index contributed by atoms with van der Waals surface area (Å²) in [5.74, 6) is 0.721. The lowest BCUT2D eigenvalue weighted by molar-refractivity contribution is 0.413. The minimum atomic E-state index is 0.352. The highest BCUT2D eigenvalue weighted by atomic mass is 32.1. The predicted octanol–water partition coefficient (Wildman–Crippen LogP) is 3.27. The van der Waals surface area contributed by atoms with E-state index in [-0.39, 0.29) is 0 Å². The first-order chi connectivity index (χ1) is 10.0. The fourth-order valence-electron chi connectivity index (χ4n) is 2.39. The van der Waals surface area contributed by atoms with Gasteiger partial charge in [0.1, 0.15) is 10.7 Å². The van der Waals surface area contributed by atoms with E-state index in [9.17, 15) is 0 Å². The summed E-state index contributed by atoms with van der Waals surface area (Å²) in [5.41, 5.74) is 10.1. The fraction of sp³-hybridized carbons (Fsp3) is 0.235. The van der Waals surface area contributed by atoms with E-state index in [1.165, 1.54) is 11.3 Å². The number of para-hydroxylation sites is 1. The van der Waals surface area contributed by atoms with Crippen molar-refractivity contribution in [3.8, 4) is 5.75 Å². The molecule has 0 unspecified atom stereocenters. The Kier molecular flexibility index (Phi) is 4.81. The first-order valence-corrected chi connectivity index (χ1v) is 7.17. The molecular weight excluding hydrogens is 280 g/mol. The van der Waals surface area contributed by atoms with Crippen LogP contribution in [0.25, 0.3) is 0 Å². The Labute approximate surface area is 131 Å². The molecule has 2 aromatic carbocycles. The predicted molar refractivity (Wildman–Crippen MR) is 92.2 cm³/mol. The molecule has 2 rings (SSSR count). The highest BCUT2D eigenvalue weighted by molar-refractivity contribution is 7.80. The maximum Gasteiger partial charge on any atom is 0.129 e. The van der Waals surface area contributed by atoms with Crippen molar-refractivity contribution in [2.45, 2.75) is 13.5 Å². The van der Waals surface area contributed by atoms with Crippen molar-refractivity contribution < 1.29 is 4.74 Å². The summed E-state index contributed by atoms with van der Waals surface area (Å²) in [5, 5.41) is 0. The number of hydrogen-bond acceptors (Lipinski definition) is 3. The number of nitrogens with two attached hydrogens (primary N) is 1. The van der Waals surface area contributed by atoms with Crippen LogP contribution in [-0.2, 0) is 6.54 Å². The van der Waals surface area contributed by atoms with E-state index in [1.54, 1.807) is 7.11 Å². The standard InChI is InChI=1S/C17H20N2OS/c1-12-6-4-5-7-15(12)19(2)11-13-8-9-14(17(18)21)16(10-13)20-3/h4-10H,11H2,1-3H3,(H2,18,21). The number of hydrogen-bond donors (Lipinski definition) is 1. The zero-order chi connectivity index (χ0) is 15.4. The lowest BCUT2D eigenvalue weighted by Crippen LogP contribution is -2.18. The van der Waals surface area contributed by atoms with Gasteiger partial charge < -0.3 is 15.4 Å². The summed E-state index contributed by atoms with van der Waals surface area (Å²) in [4.78, 5) is 2.57. The number of benzene rings is 2. The summed E-state index contributed by atoms with van der Waals surface area (Å²) >= 11 is 5.03. The van der Waals surface area contributed by atoms with Gasteiger partial charge in [-0.2, -0.15) is 0 Å². The molecule has 110 valence electrons. The molecule has 0 aliphatic rings. The minimum Gasteiger partial charge on any atom is -0.496 e. The first kappa shape index (κ1) is 15.3. The molecule has 4 heteroatoms. The molecule has 0 amide bonds. The Balaban J connectivity index is 2.24. The van der Waals surface area contributed by atoms with Gasteiger partial charge in [0.2, 0.25) is 0 Å². The molecule has 2 aromatic rings. The number of rotatable bonds is 5. The number of ether oxygens (including phenoxy) is 1. The number of thiocarbonyl (C=S) groups is 1. The van der Waals surface area contributed by atoms with Crippen molar-refractivity contribution in [2.75, 3.05) is 19.1 Å². The minimum absolute atomic E-state index is 0.352. The molecule has 0 bridgehead atoms. The fourth-order valence-corrected chi connectivity index (χ4v) is 2.56. The molecule has 0 saturated heterocycles. The number of anilines is 1.